The van der Waals surface area contributed by atoms with E-state index < -0.39 is 0 Å². The first-order chi connectivity index (χ1) is 16.2. The zero-order valence-corrected chi connectivity index (χ0v) is 18.3. The third-order valence-electron chi connectivity index (χ3n) is 5.44. The van der Waals surface area contributed by atoms with Gasteiger partial charge in [-0.2, -0.15) is 0 Å². The van der Waals surface area contributed by atoms with Crippen molar-refractivity contribution in [2.75, 3.05) is 32.8 Å². The van der Waals surface area contributed by atoms with Gasteiger partial charge in [0.15, 0.2) is 23.0 Å². The molecule has 2 heterocycles. The van der Waals surface area contributed by atoms with Crippen LogP contribution in [0.15, 0.2) is 66.7 Å². The zero-order valence-electron chi connectivity index (χ0n) is 18.3. The highest BCUT2D eigenvalue weighted by atomic mass is 16.6. The molecule has 1 aliphatic heterocycles. The van der Waals surface area contributed by atoms with Crippen LogP contribution < -0.4 is 24.3 Å². The normalized spacial score (nSPS) is 12.3. The molecule has 166 valence electrons. The van der Waals surface area contributed by atoms with E-state index >= 15 is 0 Å². The Labute approximate surface area is 190 Å². The van der Waals surface area contributed by atoms with Crippen LogP contribution in [0.1, 0.15) is 10.4 Å². The Kier molecular flexibility index (Phi) is 5.44. The number of carbonyl (C=O) groups is 1. The lowest BCUT2D eigenvalue weighted by molar-refractivity contribution is 0.102. The maximum atomic E-state index is 13.3. The molecule has 3 aromatic carbocycles. The first-order valence-electron chi connectivity index (χ1n) is 10.5. The predicted molar refractivity (Wildman–Crippen MR) is 126 cm³/mol. The number of amides is 1. The Bertz CT molecular complexity index is 1350. The van der Waals surface area contributed by atoms with Crippen LogP contribution in [0.2, 0.25) is 0 Å². The van der Waals surface area contributed by atoms with Crippen LogP contribution in [-0.4, -0.2) is 38.3 Å². The molecular weight excluding hydrogens is 420 g/mol. The molecule has 33 heavy (non-hydrogen) atoms. The number of nitrogens with zero attached hydrogens (tertiary/aromatic N) is 1. The third kappa shape index (κ3) is 4.01. The quantitative estimate of drug-likeness (QED) is 0.472. The van der Waals surface area contributed by atoms with Gasteiger partial charge in [0.05, 0.1) is 31.0 Å². The third-order valence-corrected chi connectivity index (χ3v) is 5.44. The van der Waals surface area contributed by atoms with E-state index in [1.807, 2.05) is 42.5 Å². The number of para-hydroxylation sites is 1. The maximum absolute atomic E-state index is 13.3. The summed E-state index contributed by atoms with van der Waals surface area (Å²) >= 11 is 0. The lowest BCUT2D eigenvalue weighted by Crippen LogP contribution is -2.16. The summed E-state index contributed by atoms with van der Waals surface area (Å²) in [6.07, 6.45) is 0. The van der Waals surface area contributed by atoms with Crippen molar-refractivity contribution in [3.05, 3.63) is 72.3 Å². The van der Waals surface area contributed by atoms with Crippen molar-refractivity contribution in [1.29, 1.82) is 0 Å². The Morgan fingerprint density at radius 1 is 0.879 bits per heavy atom. The largest absolute Gasteiger partial charge is 0.493 e. The number of aromatic nitrogens is 1. The van der Waals surface area contributed by atoms with E-state index in [1.165, 1.54) is 0 Å². The van der Waals surface area contributed by atoms with Crippen molar-refractivity contribution < 1.29 is 23.7 Å². The summed E-state index contributed by atoms with van der Waals surface area (Å²) in [7, 11) is 3.17. The second kappa shape index (κ2) is 8.70. The Morgan fingerprint density at radius 3 is 2.48 bits per heavy atom. The fourth-order valence-electron chi connectivity index (χ4n) is 3.83. The molecule has 0 atom stereocenters. The molecule has 0 aliphatic carbocycles. The van der Waals surface area contributed by atoms with E-state index in [0.717, 1.165) is 16.5 Å². The van der Waals surface area contributed by atoms with E-state index in [-0.39, 0.29) is 5.91 Å². The highest BCUT2D eigenvalue weighted by Gasteiger charge is 2.17. The van der Waals surface area contributed by atoms with Crippen LogP contribution in [0, 0.1) is 0 Å². The summed E-state index contributed by atoms with van der Waals surface area (Å²) in [5.41, 5.74) is 3.32. The van der Waals surface area contributed by atoms with Gasteiger partial charge < -0.3 is 24.3 Å². The SMILES string of the molecule is COc1ccc(-c2cc(C(=O)Nc3ccc4c(c3)OCCO4)c3ccccc3n2)cc1OC. The number of hydrogen-bond donors (Lipinski definition) is 1. The summed E-state index contributed by atoms with van der Waals surface area (Å²) in [6, 6.07) is 20.3. The van der Waals surface area contributed by atoms with E-state index in [0.29, 0.717) is 53.2 Å². The van der Waals surface area contributed by atoms with Gasteiger partial charge in [-0.15, -0.1) is 0 Å². The average Bonchev–Trinajstić information content (AvgIpc) is 2.87. The minimum Gasteiger partial charge on any atom is -0.493 e. The first kappa shape index (κ1) is 20.6. The van der Waals surface area contributed by atoms with Crippen LogP contribution in [0.25, 0.3) is 22.2 Å². The summed E-state index contributed by atoms with van der Waals surface area (Å²) in [6.45, 7) is 0.995. The van der Waals surface area contributed by atoms with Crippen molar-refractivity contribution in [3.63, 3.8) is 0 Å². The molecule has 4 aromatic rings. The molecule has 1 N–H and O–H groups in total. The average molecular weight is 442 g/mol. The maximum Gasteiger partial charge on any atom is 0.256 e. The minimum atomic E-state index is -0.244. The van der Waals surface area contributed by atoms with Crippen molar-refractivity contribution in [1.82, 2.24) is 4.98 Å². The van der Waals surface area contributed by atoms with Crippen molar-refractivity contribution >= 4 is 22.5 Å². The fraction of sp³-hybridized carbons (Fsp3) is 0.154. The second-order valence-corrected chi connectivity index (χ2v) is 7.45. The molecule has 0 fully saturated rings. The van der Waals surface area contributed by atoms with Crippen LogP contribution in [0.3, 0.4) is 0 Å². The number of pyridine rings is 1. The smallest absolute Gasteiger partial charge is 0.256 e. The molecule has 7 nitrogen and oxygen atoms in total. The predicted octanol–water partition coefficient (Wildman–Crippen LogP) is 4.94. The van der Waals surface area contributed by atoms with Crippen molar-refractivity contribution in [3.8, 4) is 34.3 Å². The van der Waals surface area contributed by atoms with Crippen molar-refractivity contribution in [2.45, 2.75) is 0 Å². The van der Waals surface area contributed by atoms with Crippen LogP contribution in [-0.2, 0) is 0 Å². The van der Waals surface area contributed by atoms with Crippen LogP contribution in [0.5, 0.6) is 23.0 Å². The summed E-state index contributed by atoms with van der Waals surface area (Å²) < 4.78 is 22.0. The number of hydrogen-bond acceptors (Lipinski definition) is 6. The first-order valence-corrected chi connectivity index (χ1v) is 10.5. The second-order valence-electron chi connectivity index (χ2n) is 7.45. The molecule has 1 aliphatic rings. The molecule has 1 amide bonds. The van der Waals surface area contributed by atoms with E-state index in [1.54, 1.807) is 38.5 Å². The number of methoxy groups -OCH3 is 2. The molecular formula is C26H22N2O5. The van der Waals surface area contributed by atoms with Crippen molar-refractivity contribution in [2.24, 2.45) is 0 Å². The minimum absolute atomic E-state index is 0.244. The van der Waals surface area contributed by atoms with Gasteiger partial charge in [0.25, 0.3) is 5.91 Å². The van der Waals surface area contributed by atoms with E-state index in [4.69, 9.17) is 23.9 Å². The number of rotatable bonds is 5. The summed E-state index contributed by atoms with van der Waals surface area (Å²) in [5.74, 6) is 2.26. The highest BCUT2D eigenvalue weighted by Crippen LogP contribution is 2.35. The standard InChI is InChI=1S/C26H22N2O5/c1-30-22-9-7-16(13-24(22)31-2)21-15-19(18-5-3-4-6-20(18)28-21)26(29)27-17-8-10-23-25(14-17)33-12-11-32-23/h3-10,13-15H,11-12H2,1-2H3,(H,27,29). The topological polar surface area (TPSA) is 78.9 Å². The Morgan fingerprint density at radius 2 is 1.67 bits per heavy atom. The molecule has 0 spiro atoms. The number of carbonyl (C=O) groups excluding carboxylic acids is 1. The van der Waals surface area contributed by atoms with E-state index in [2.05, 4.69) is 5.32 Å². The fourth-order valence-corrected chi connectivity index (χ4v) is 3.83. The Balaban J connectivity index is 1.54. The monoisotopic (exact) mass is 442 g/mol. The summed E-state index contributed by atoms with van der Waals surface area (Å²) in [4.78, 5) is 18.1. The van der Waals surface area contributed by atoms with Crippen LogP contribution in [0.4, 0.5) is 5.69 Å². The van der Waals surface area contributed by atoms with Crippen LogP contribution >= 0.6 is 0 Å². The number of anilines is 1. The van der Waals surface area contributed by atoms with Gasteiger partial charge in [-0.05, 0) is 42.5 Å². The number of ether oxygens (including phenoxy) is 4. The molecule has 7 heteroatoms. The number of fused-ring (bicyclic) bond motifs is 2. The molecule has 0 unspecified atom stereocenters. The zero-order chi connectivity index (χ0) is 22.8. The molecule has 1 aromatic heterocycles. The molecule has 0 saturated carbocycles. The lowest BCUT2D eigenvalue weighted by atomic mass is 10.0. The van der Waals surface area contributed by atoms with Gasteiger partial charge >= 0.3 is 0 Å². The Hall–Kier alpha value is -4.26. The lowest BCUT2D eigenvalue weighted by Gasteiger charge is -2.19. The summed E-state index contributed by atoms with van der Waals surface area (Å²) in [5, 5.41) is 3.73. The van der Waals surface area contributed by atoms with Gasteiger partial charge in [-0.25, -0.2) is 4.98 Å². The molecule has 0 bridgehead atoms. The van der Waals surface area contributed by atoms with Gasteiger partial charge in [-0.3, -0.25) is 4.79 Å². The molecule has 0 saturated heterocycles. The van der Waals surface area contributed by atoms with Gasteiger partial charge in [-0.1, -0.05) is 18.2 Å². The molecule has 0 radical (unpaired) electrons. The van der Waals surface area contributed by atoms with Gasteiger partial charge in [0, 0.05) is 22.7 Å². The van der Waals surface area contributed by atoms with Gasteiger partial charge in [0.1, 0.15) is 13.2 Å². The van der Waals surface area contributed by atoms with E-state index in [9.17, 15) is 4.79 Å². The number of nitrogens with one attached hydrogen (secondary N) is 1. The number of benzene rings is 3. The highest BCUT2D eigenvalue weighted by molar-refractivity contribution is 6.13. The molecule has 5 rings (SSSR count). The van der Waals surface area contributed by atoms with Gasteiger partial charge in [0.2, 0.25) is 0 Å².